The fourth-order valence-corrected chi connectivity index (χ4v) is 2.75. The van der Waals surface area contributed by atoms with E-state index in [1.807, 2.05) is 20.8 Å². The lowest BCUT2D eigenvalue weighted by molar-refractivity contribution is -0.139. The van der Waals surface area contributed by atoms with E-state index in [1.165, 1.54) is 0 Å². The number of aliphatic carboxylic acids is 1. The van der Waals surface area contributed by atoms with E-state index in [1.54, 1.807) is 0 Å². The number of rotatable bonds is 6. The van der Waals surface area contributed by atoms with E-state index in [0.29, 0.717) is 32.5 Å². The number of hydrogen-bond acceptors (Lipinski definition) is 4. The topological polar surface area (TPSA) is 102 Å². The van der Waals surface area contributed by atoms with Crippen LogP contribution in [0, 0.1) is 10.8 Å². The molecule has 1 aliphatic heterocycles. The van der Waals surface area contributed by atoms with Crippen LogP contribution < -0.4 is 11.1 Å². The summed E-state index contributed by atoms with van der Waals surface area (Å²) in [5, 5.41) is 11.9. The summed E-state index contributed by atoms with van der Waals surface area (Å²) in [4.78, 5) is 23.6. The zero-order valence-electron chi connectivity index (χ0n) is 13.3. The van der Waals surface area contributed by atoms with Gasteiger partial charge in [0.15, 0.2) is 0 Å². The highest BCUT2D eigenvalue weighted by atomic mass is 16.5. The Balaban J connectivity index is 2.75. The van der Waals surface area contributed by atoms with Crippen molar-refractivity contribution < 1.29 is 19.4 Å². The lowest BCUT2D eigenvalue weighted by Crippen LogP contribution is -2.52. The number of nitrogens with two attached hydrogens (primary N) is 1. The molecule has 1 atom stereocenters. The van der Waals surface area contributed by atoms with Crippen molar-refractivity contribution in [1.29, 1.82) is 0 Å². The van der Waals surface area contributed by atoms with Crippen LogP contribution in [0.3, 0.4) is 0 Å². The van der Waals surface area contributed by atoms with Gasteiger partial charge in [-0.25, -0.2) is 0 Å². The van der Waals surface area contributed by atoms with Crippen molar-refractivity contribution in [3.05, 3.63) is 0 Å². The molecule has 1 unspecified atom stereocenters. The predicted molar refractivity (Wildman–Crippen MR) is 79.8 cm³/mol. The second-order valence-corrected chi connectivity index (χ2v) is 7.13. The first-order chi connectivity index (χ1) is 9.68. The number of ether oxygens (including phenoxy) is 1. The zero-order valence-corrected chi connectivity index (χ0v) is 13.3. The molecule has 0 radical (unpaired) electrons. The number of carboxylic acids is 1. The molecule has 21 heavy (non-hydrogen) atoms. The molecule has 122 valence electrons. The molecule has 1 saturated heterocycles. The first-order valence-corrected chi connectivity index (χ1v) is 7.49. The molecule has 0 aromatic rings. The standard InChI is InChI=1S/C15H28N2O4/c1-14(2,3)9-11(8-12(18)19)17-13(20)15(10-16)4-6-21-7-5-15/h11H,4-10,16H2,1-3H3,(H,17,20)(H,18,19). The summed E-state index contributed by atoms with van der Waals surface area (Å²) in [7, 11) is 0. The average Bonchev–Trinajstić information content (AvgIpc) is 2.36. The van der Waals surface area contributed by atoms with E-state index in [2.05, 4.69) is 5.32 Å². The van der Waals surface area contributed by atoms with Gasteiger partial charge in [0.05, 0.1) is 11.8 Å². The number of carbonyl (C=O) groups is 2. The van der Waals surface area contributed by atoms with Crippen LogP contribution >= 0.6 is 0 Å². The van der Waals surface area contributed by atoms with Crippen molar-refractivity contribution in [1.82, 2.24) is 5.32 Å². The van der Waals surface area contributed by atoms with Gasteiger partial charge in [0, 0.05) is 25.8 Å². The Hall–Kier alpha value is -1.14. The highest BCUT2D eigenvalue weighted by Crippen LogP contribution is 2.30. The highest BCUT2D eigenvalue weighted by Gasteiger charge is 2.40. The smallest absolute Gasteiger partial charge is 0.305 e. The largest absolute Gasteiger partial charge is 0.481 e. The molecule has 1 rings (SSSR count). The lowest BCUT2D eigenvalue weighted by Gasteiger charge is -2.36. The summed E-state index contributed by atoms with van der Waals surface area (Å²) in [5.74, 6) is -1.04. The molecule has 6 nitrogen and oxygen atoms in total. The third-order valence-corrected chi connectivity index (χ3v) is 3.94. The predicted octanol–water partition coefficient (Wildman–Crippen LogP) is 1.14. The first kappa shape index (κ1) is 17.9. The van der Waals surface area contributed by atoms with E-state index in [9.17, 15) is 9.59 Å². The summed E-state index contributed by atoms with van der Waals surface area (Å²) >= 11 is 0. The van der Waals surface area contributed by atoms with Gasteiger partial charge in [-0.15, -0.1) is 0 Å². The van der Waals surface area contributed by atoms with Gasteiger partial charge in [-0.3, -0.25) is 9.59 Å². The SMILES string of the molecule is CC(C)(C)CC(CC(=O)O)NC(=O)C1(CN)CCOCC1. The van der Waals surface area contributed by atoms with Crippen LogP contribution in [0.1, 0.15) is 46.5 Å². The van der Waals surface area contributed by atoms with Crippen molar-refractivity contribution >= 4 is 11.9 Å². The van der Waals surface area contributed by atoms with Crippen LogP contribution in [0.5, 0.6) is 0 Å². The van der Waals surface area contributed by atoms with Crippen molar-refractivity contribution in [2.75, 3.05) is 19.8 Å². The normalized spacial score (nSPS) is 19.8. The molecule has 0 aromatic carbocycles. The number of hydrogen-bond donors (Lipinski definition) is 3. The van der Waals surface area contributed by atoms with Gasteiger partial charge in [0.2, 0.25) is 5.91 Å². The monoisotopic (exact) mass is 300 g/mol. The van der Waals surface area contributed by atoms with E-state index in [-0.39, 0.29) is 30.3 Å². The van der Waals surface area contributed by atoms with Gasteiger partial charge in [0.1, 0.15) is 0 Å². The van der Waals surface area contributed by atoms with Crippen LogP contribution in [0.2, 0.25) is 0 Å². The summed E-state index contributed by atoms with van der Waals surface area (Å²) in [6.45, 7) is 7.39. The molecule has 0 bridgehead atoms. The quantitative estimate of drug-likeness (QED) is 0.682. The van der Waals surface area contributed by atoms with Crippen LogP contribution in [0.25, 0.3) is 0 Å². The highest BCUT2D eigenvalue weighted by molar-refractivity contribution is 5.83. The third-order valence-electron chi connectivity index (χ3n) is 3.94. The maximum absolute atomic E-state index is 12.6. The summed E-state index contributed by atoms with van der Waals surface area (Å²) in [6, 6.07) is -0.374. The molecule has 0 spiro atoms. The molecular weight excluding hydrogens is 272 g/mol. The second-order valence-electron chi connectivity index (χ2n) is 7.13. The van der Waals surface area contributed by atoms with E-state index < -0.39 is 11.4 Å². The molecule has 0 aromatic heterocycles. The van der Waals surface area contributed by atoms with Crippen molar-refractivity contribution in [2.45, 2.75) is 52.5 Å². The van der Waals surface area contributed by atoms with Gasteiger partial charge >= 0.3 is 5.97 Å². The van der Waals surface area contributed by atoms with Gasteiger partial charge in [-0.2, -0.15) is 0 Å². The Kier molecular flexibility index (Phi) is 6.16. The number of nitrogens with one attached hydrogen (secondary N) is 1. The van der Waals surface area contributed by atoms with E-state index >= 15 is 0 Å². The van der Waals surface area contributed by atoms with Gasteiger partial charge in [-0.1, -0.05) is 20.8 Å². The van der Waals surface area contributed by atoms with Gasteiger partial charge < -0.3 is 20.9 Å². The molecule has 1 amide bonds. The molecule has 1 aliphatic rings. The third kappa shape index (κ3) is 5.63. The second kappa shape index (κ2) is 7.22. The number of amides is 1. The number of carboxylic acid groups (broad SMARTS) is 1. The van der Waals surface area contributed by atoms with Crippen LogP contribution in [-0.4, -0.2) is 42.8 Å². The molecule has 1 fully saturated rings. The minimum absolute atomic E-state index is 0.0566. The molecule has 1 heterocycles. The van der Waals surface area contributed by atoms with Crippen molar-refractivity contribution in [3.8, 4) is 0 Å². The Labute approximate surface area is 126 Å². The van der Waals surface area contributed by atoms with Crippen molar-refractivity contribution in [2.24, 2.45) is 16.6 Å². The molecule has 6 heteroatoms. The Morgan fingerprint density at radius 2 is 1.90 bits per heavy atom. The maximum Gasteiger partial charge on any atom is 0.305 e. The molecule has 0 aliphatic carbocycles. The fraction of sp³-hybridized carbons (Fsp3) is 0.867. The zero-order chi connectivity index (χ0) is 16.1. The van der Waals surface area contributed by atoms with E-state index in [0.717, 1.165) is 0 Å². The van der Waals surface area contributed by atoms with Crippen LogP contribution in [0.15, 0.2) is 0 Å². The number of carbonyl (C=O) groups excluding carboxylic acids is 1. The Morgan fingerprint density at radius 3 is 2.33 bits per heavy atom. The minimum Gasteiger partial charge on any atom is -0.481 e. The first-order valence-electron chi connectivity index (χ1n) is 7.49. The summed E-state index contributed by atoms with van der Waals surface area (Å²) < 4.78 is 5.30. The van der Waals surface area contributed by atoms with Crippen LogP contribution in [-0.2, 0) is 14.3 Å². The summed E-state index contributed by atoms with van der Waals surface area (Å²) in [5.41, 5.74) is 5.14. The molecule has 0 saturated carbocycles. The lowest BCUT2D eigenvalue weighted by atomic mass is 9.78. The van der Waals surface area contributed by atoms with Gasteiger partial charge in [0.25, 0.3) is 0 Å². The fourth-order valence-electron chi connectivity index (χ4n) is 2.75. The summed E-state index contributed by atoms with van der Waals surface area (Å²) in [6.07, 6.45) is 1.72. The van der Waals surface area contributed by atoms with Gasteiger partial charge in [-0.05, 0) is 24.7 Å². The molecule has 4 N–H and O–H groups in total. The molecular formula is C15H28N2O4. The minimum atomic E-state index is -0.904. The van der Waals surface area contributed by atoms with Crippen molar-refractivity contribution in [3.63, 3.8) is 0 Å². The average molecular weight is 300 g/mol. The van der Waals surface area contributed by atoms with E-state index in [4.69, 9.17) is 15.6 Å². The Morgan fingerprint density at radius 1 is 1.33 bits per heavy atom. The van der Waals surface area contributed by atoms with Crippen LogP contribution in [0.4, 0.5) is 0 Å². The Bertz CT molecular complexity index is 370. The maximum atomic E-state index is 12.6.